The molecule has 2 aromatic carbocycles. The lowest BCUT2D eigenvalue weighted by Gasteiger charge is -2.41. The summed E-state index contributed by atoms with van der Waals surface area (Å²) in [6.07, 6.45) is 0. The predicted octanol–water partition coefficient (Wildman–Crippen LogP) is 1.57. The van der Waals surface area contributed by atoms with Crippen molar-refractivity contribution in [3.8, 4) is 0 Å². The van der Waals surface area contributed by atoms with Crippen molar-refractivity contribution in [2.75, 3.05) is 39.4 Å². The van der Waals surface area contributed by atoms with Crippen molar-refractivity contribution in [2.45, 2.75) is 5.54 Å². The topological polar surface area (TPSA) is 87.0 Å². The van der Waals surface area contributed by atoms with Gasteiger partial charge in [-0.2, -0.15) is 0 Å². The van der Waals surface area contributed by atoms with Gasteiger partial charge in [0.15, 0.2) is 0 Å². The van der Waals surface area contributed by atoms with Gasteiger partial charge in [0, 0.05) is 29.1 Å². The Hall–Kier alpha value is -3.26. The zero-order chi connectivity index (χ0) is 20.4. The average Bonchev–Trinajstić information content (AvgIpc) is 2.90. The van der Waals surface area contributed by atoms with Gasteiger partial charge in [0.25, 0.3) is 17.4 Å². The largest absolute Gasteiger partial charge is 0.330 e. The number of hydrogen-bond acceptors (Lipinski definition) is 5. The Morgan fingerprint density at radius 2 is 1.31 bits per heavy atom. The Bertz CT molecular complexity index is 871. The SMILES string of the molecule is O=C(c1ccccc1)N1CCN2CN(C(=O)c3ccccc3)CC([N+](=O)[O-])(C2)C1. The second-order valence-electron chi connectivity index (χ2n) is 7.64. The second kappa shape index (κ2) is 7.63. The van der Waals surface area contributed by atoms with E-state index in [1.807, 2.05) is 17.0 Å². The number of hydrogen-bond donors (Lipinski definition) is 0. The highest BCUT2D eigenvalue weighted by molar-refractivity contribution is 5.95. The fourth-order valence-corrected chi connectivity index (χ4v) is 4.12. The van der Waals surface area contributed by atoms with Crippen LogP contribution in [0.1, 0.15) is 20.7 Å². The van der Waals surface area contributed by atoms with E-state index in [1.54, 1.807) is 53.4 Å². The van der Waals surface area contributed by atoms with Gasteiger partial charge in [-0.05, 0) is 24.3 Å². The summed E-state index contributed by atoms with van der Waals surface area (Å²) in [4.78, 5) is 42.7. The van der Waals surface area contributed by atoms with E-state index in [1.165, 1.54) is 4.90 Å². The summed E-state index contributed by atoms with van der Waals surface area (Å²) < 4.78 is 0. The highest BCUT2D eigenvalue weighted by Crippen LogP contribution is 2.26. The third-order valence-electron chi connectivity index (χ3n) is 5.55. The van der Waals surface area contributed by atoms with Crippen molar-refractivity contribution in [2.24, 2.45) is 0 Å². The molecule has 0 aromatic heterocycles. The zero-order valence-electron chi connectivity index (χ0n) is 15.9. The van der Waals surface area contributed by atoms with E-state index < -0.39 is 5.54 Å². The van der Waals surface area contributed by atoms with Gasteiger partial charge in [0.05, 0.1) is 26.3 Å². The van der Waals surface area contributed by atoms with Crippen molar-refractivity contribution in [1.82, 2.24) is 14.7 Å². The smallest absolute Gasteiger partial charge is 0.269 e. The molecule has 0 radical (unpaired) electrons. The lowest BCUT2D eigenvalue weighted by Crippen LogP contribution is -2.65. The first-order valence-corrected chi connectivity index (χ1v) is 9.54. The van der Waals surface area contributed by atoms with E-state index in [0.717, 1.165) is 0 Å². The highest BCUT2D eigenvalue weighted by atomic mass is 16.6. The fraction of sp³-hybridized carbons (Fsp3) is 0.333. The third-order valence-corrected chi connectivity index (χ3v) is 5.55. The number of carbonyl (C=O) groups excluding carboxylic acids is 2. The number of amides is 2. The number of fused-ring (bicyclic) bond motifs is 2. The molecule has 2 saturated heterocycles. The first-order valence-electron chi connectivity index (χ1n) is 9.54. The van der Waals surface area contributed by atoms with E-state index in [9.17, 15) is 19.7 Å². The van der Waals surface area contributed by atoms with Crippen molar-refractivity contribution >= 4 is 11.8 Å². The Morgan fingerprint density at radius 1 is 0.793 bits per heavy atom. The van der Waals surface area contributed by atoms with Crippen LogP contribution in [-0.4, -0.2) is 76.4 Å². The molecule has 2 heterocycles. The molecule has 0 N–H and O–H groups in total. The number of rotatable bonds is 3. The maximum atomic E-state index is 12.9. The van der Waals surface area contributed by atoms with Crippen LogP contribution in [0.3, 0.4) is 0 Å². The Labute approximate surface area is 168 Å². The molecule has 0 spiro atoms. The molecule has 150 valence electrons. The van der Waals surface area contributed by atoms with Crippen molar-refractivity contribution < 1.29 is 14.5 Å². The maximum Gasteiger partial charge on any atom is 0.269 e. The maximum absolute atomic E-state index is 12.9. The summed E-state index contributed by atoms with van der Waals surface area (Å²) in [6.45, 7) is 1.35. The molecule has 2 amide bonds. The minimum Gasteiger partial charge on any atom is -0.330 e. The second-order valence-corrected chi connectivity index (χ2v) is 7.64. The molecule has 2 aliphatic rings. The normalized spacial score (nSPS) is 23.9. The predicted molar refractivity (Wildman–Crippen MR) is 106 cm³/mol. The van der Waals surface area contributed by atoms with Crippen molar-refractivity contribution in [3.05, 3.63) is 81.9 Å². The fourth-order valence-electron chi connectivity index (χ4n) is 4.12. The van der Waals surface area contributed by atoms with Crippen LogP contribution in [0.15, 0.2) is 60.7 Å². The number of carbonyl (C=O) groups is 2. The molecule has 8 heteroatoms. The summed E-state index contributed by atoms with van der Waals surface area (Å²) >= 11 is 0. The first kappa shape index (κ1) is 19.1. The average molecular weight is 394 g/mol. The number of nitro groups is 1. The van der Waals surface area contributed by atoms with Gasteiger partial charge in [-0.25, -0.2) is 0 Å². The summed E-state index contributed by atoms with van der Waals surface area (Å²) in [5.74, 6) is -0.453. The molecule has 2 aromatic rings. The van der Waals surface area contributed by atoms with Gasteiger partial charge in [-0.1, -0.05) is 36.4 Å². The first-order chi connectivity index (χ1) is 14.0. The van der Waals surface area contributed by atoms with Crippen LogP contribution in [-0.2, 0) is 0 Å². The molecule has 4 rings (SSSR count). The molecule has 8 nitrogen and oxygen atoms in total. The van der Waals surface area contributed by atoms with Crippen molar-refractivity contribution in [3.63, 3.8) is 0 Å². The van der Waals surface area contributed by atoms with Crippen LogP contribution in [0.2, 0.25) is 0 Å². The minimum atomic E-state index is -1.41. The van der Waals surface area contributed by atoms with Crippen LogP contribution < -0.4 is 0 Å². The lowest BCUT2D eigenvalue weighted by molar-refractivity contribution is -0.572. The van der Waals surface area contributed by atoms with Crippen LogP contribution >= 0.6 is 0 Å². The Kier molecular flexibility index (Phi) is 5.02. The molecular weight excluding hydrogens is 372 g/mol. The monoisotopic (exact) mass is 394 g/mol. The van der Waals surface area contributed by atoms with Gasteiger partial charge in [-0.3, -0.25) is 24.6 Å². The summed E-state index contributed by atoms with van der Waals surface area (Å²) in [6, 6.07) is 17.6. The quantitative estimate of drug-likeness (QED) is 0.583. The van der Waals surface area contributed by atoms with Gasteiger partial charge >= 0.3 is 0 Å². The molecule has 2 aliphatic heterocycles. The number of nitrogens with zero attached hydrogens (tertiary/aromatic N) is 4. The lowest BCUT2D eigenvalue weighted by atomic mass is 9.95. The van der Waals surface area contributed by atoms with Crippen LogP contribution in [0, 0.1) is 10.1 Å². The molecule has 2 fully saturated rings. The van der Waals surface area contributed by atoms with E-state index in [-0.39, 0.29) is 36.4 Å². The molecule has 2 bridgehead atoms. The molecule has 29 heavy (non-hydrogen) atoms. The third kappa shape index (κ3) is 3.71. The van der Waals surface area contributed by atoms with Gasteiger partial charge in [0.2, 0.25) is 0 Å². The molecule has 2 unspecified atom stereocenters. The zero-order valence-corrected chi connectivity index (χ0v) is 15.9. The van der Waals surface area contributed by atoms with E-state index in [2.05, 4.69) is 0 Å². The van der Waals surface area contributed by atoms with Gasteiger partial charge < -0.3 is 9.80 Å². The van der Waals surface area contributed by atoms with E-state index >= 15 is 0 Å². The summed E-state index contributed by atoms with van der Waals surface area (Å²) in [7, 11) is 0. The molecular formula is C21H22N4O4. The molecule has 0 saturated carbocycles. The number of benzene rings is 2. The highest BCUT2D eigenvalue weighted by Gasteiger charge is 2.53. The van der Waals surface area contributed by atoms with Gasteiger partial charge in [0.1, 0.15) is 0 Å². The van der Waals surface area contributed by atoms with Crippen molar-refractivity contribution in [1.29, 1.82) is 0 Å². The molecule has 2 atom stereocenters. The van der Waals surface area contributed by atoms with Crippen LogP contribution in [0.5, 0.6) is 0 Å². The van der Waals surface area contributed by atoms with E-state index in [4.69, 9.17) is 0 Å². The Balaban J connectivity index is 1.61. The van der Waals surface area contributed by atoms with Crippen LogP contribution in [0.4, 0.5) is 0 Å². The molecule has 0 aliphatic carbocycles. The Morgan fingerprint density at radius 3 is 1.86 bits per heavy atom. The summed E-state index contributed by atoms with van der Waals surface area (Å²) in [5.41, 5.74) is -0.401. The standard InChI is InChI=1S/C21H22N4O4/c26-19(17-7-3-1-4-8-17)23-12-11-22-13-21(14-23,25(28)29)15-24(16-22)20(27)18-9-5-2-6-10-18/h1-10H,11-16H2. The minimum absolute atomic E-state index is 0.0250. The summed E-state index contributed by atoms with van der Waals surface area (Å²) in [5, 5.41) is 12.2. The van der Waals surface area contributed by atoms with Gasteiger partial charge in [-0.15, -0.1) is 0 Å². The van der Waals surface area contributed by atoms with Crippen LogP contribution in [0.25, 0.3) is 0 Å². The van der Waals surface area contributed by atoms with E-state index in [0.29, 0.717) is 30.9 Å².